The Labute approximate surface area is 114 Å². The van der Waals surface area contributed by atoms with Gasteiger partial charge < -0.3 is 15.5 Å². The molecule has 0 aromatic carbocycles. The van der Waals surface area contributed by atoms with Gasteiger partial charge in [0.25, 0.3) is 0 Å². The van der Waals surface area contributed by atoms with E-state index in [2.05, 4.69) is 17.6 Å². The molecule has 2 aliphatic heterocycles. The van der Waals surface area contributed by atoms with Crippen LogP contribution in [0.2, 0.25) is 0 Å². The van der Waals surface area contributed by atoms with Crippen LogP contribution in [0.1, 0.15) is 32.6 Å². The zero-order valence-corrected chi connectivity index (χ0v) is 11.5. The van der Waals surface area contributed by atoms with E-state index in [-0.39, 0.29) is 23.8 Å². The Balaban J connectivity index is 1.64. The van der Waals surface area contributed by atoms with Crippen molar-refractivity contribution in [3.63, 3.8) is 0 Å². The van der Waals surface area contributed by atoms with Crippen molar-refractivity contribution in [1.82, 2.24) is 15.5 Å². The van der Waals surface area contributed by atoms with Gasteiger partial charge in [-0.3, -0.25) is 9.59 Å². The van der Waals surface area contributed by atoms with Gasteiger partial charge in [0.2, 0.25) is 11.8 Å². The smallest absolute Gasteiger partial charge is 0.243 e. The number of carbonyl (C=O) groups is 2. The van der Waals surface area contributed by atoms with Gasteiger partial charge in [0, 0.05) is 19.1 Å². The predicted octanol–water partition coefficient (Wildman–Crippen LogP) is 0.112. The quantitative estimate of drug-likeness (QED) is 0.761. The van der Waals surface area contributed by atoms with Crippen molar-refractivity contribution in [2.75, 3.05) is 19.6 Å². The topological polar surface area (TPSA) is 61.4 Å². The molecule has 1 saturated carbocycles. The SMILES string of the molecule is C[C@@H]1CNC[C@H]1C(=O)N1CCCC1C(=O)NC1CC1. The van der Waals surface area contributed by atoms with Crippen LogP contribution in [-0.2, 0) is 9.59 Å². The van der Waals surface area contributed by atoms with E-state index in [0.717, 1.165) is 45.3 Å². The minimum atomic E-state index is -0.221. The van der Waals surface area contributed by atoms with E-state index < -0.39 is 0 Å². The maximum atomic E-state index is 12.6. The molecule has 3 fully saturated rings. The number of nitrogens with zero attached hydrogens (tertiary/aromatic N) is 1. The summed E-state index contributed by atoms with van der Waals surface area (Å²) in [5.41, 5.74) is 0. The van der Waals surface area contributed by atoms with Gasteiger partial charge in [0.15, 0.2) is 0 Å². The van der Waals surface area contributed by atoms with Crippen molar-refractivity contribution >= 4 is 11.8 Å². The lowest BCUT2D eigenvalue weighted by Gasteiger charge is -2.27. The number of likely N-dealkylation sites (tertiary alicyclic amines) is 1. The van der Waals surface area contributed by atoms with E-state index in [1.807, 2.05) is 4.90 Å². The molecule has 19 heavy (non-hydrogen) atoms. The van der Waals surface area contributed by atoms with Crippen molar-refractivity contribution in [3.05, 3.63) is 0 Å². The molecule has 0 spiro atoms. The first-order chi connectivity index (χ1) is 9.16. The largest absolute Gasteiger partial charge is 0.352 e. The zero-order valence-electron chi connectivity index (χ0n) is 11.5. The molecular formula is C14H23N3O2. The molecule has 0 bridgehead atoms. The van der Waals surface area contributed by atoms with E-state index in [0.29, 0.717) is 12.0 Å². The Morgan fingerprint density at radius 3 is 2.63 bits per heavy atom. The summed E-state index contributed by atoms with van der Waals surface area (Å²) in [6.45, 7) is 4.51. The molecule has 1 unspecified atom stereocenters. The first kappa shape index (κ1) is 12.9. The van der Waals surface area contributed by atoms with Crippen molar-refractivity contribution in [2.24, 2.45) is 11.8 Å². The van der Waals surface area contributed by atoms with Crippen LogP contribution in [0.15, 0.2) is 0 Å². The molecule has 0 radical (unpaired) electrons. The van der Waals surface area contributed by atoms with Gasteiger partial charge >= 0.3 is 0 Å². The highest BCUT2D eigenvalue weighted by atomic mass is 16.2. The highest BCUT2D eigenvalue weighted by Gasteiger charge is 2.41. The highest BCUT2D eigenvalue weighted by Crippen LogP contribution is 2.26. The van der Waals surface area contributed by atoms with Crippen LogP contribution in [0.3, 0.4) is 0 Å². The molecule has 2 saturated heterocycles. The monoisotopic (exact) mass is 265 g/mol. The predicted molar refractivity (Wildman–Crippen MR) is 71.4 cm³/mol. The van der Waals surface area contributed by atoms with Gasteiger partial charge in [0.05, 0.1) is 5.92 Å². The van der Waals surface area contributed by atoms with Gasteiger partial charge in [-0.2, -0.15) is 0 Å². The Morgan fingerprint density at radius 2 is 2.00 bits per heavy atom. The number of nitrogens with one attached hydrogen (secondary N) is 2. The first-order valence-corrected chi connectivity index (χ1v) is 7.48. The third-order valence-electron chi connectivity index (χ3n) is 4.60. The molecule has 3 aliphatic rings. The summed E-state index contributed by atoms with van der Waals surface area (Å²) in [4.78, 5) is 26.6. The molecule has 5 heteroatoms. The lowest BCUT2D eigenvalue weighted by atomic mass is 9.96. The fraction of sp³-hybridized carbons (Fsp3) is 0.857. The van der Waals surface area contributed by atoms with Crippen molar-refractivity contribution < 1.29 is 9.59 Å². The molecule has 3 rings (SSSR count). The highest BCUT2D eigenvalue weighted by molar-refractivity contribution is 5.89. The maximum absolute atomic E-state index is 12.6. The van der Waals surface area contributed by atoms with Gasteiger partial charge in [-0.25, -0.2) is 0 Å². The molecule has 106 valence electrons. The van der Waals surface area contributed by atoms with Crippen LogP contribution in [0.25, 0.3) is 0 Å². The second-order valence-corrected chi connectivity index (χ2v) is 6.21. The van der Waals surface area contributed by atoms with Gasteiger partial charge in [-0.1, -0.05) is 6.92 Å². The minimum Gasteiger partial charge on any atom is -0.352 e. The molecular weight excluding hydrogens is 242 g/mol. The van der Waals surface area contributed by atoms with Crippen molar-refractivity contribution in [3.8, 4) is 0 Å². The van der Waals surface area contributed by atoms with Crippen LogP contribution in [0.4, 0.5) is 0 Å². The van der Waals surface area contributed by atoms with E-state index in [1.165, 1.54) is 0 Å². The third-order valence-corrected chi connectivity index (χ3v) is 4.60. The number of rotatable bonds is 3. The van der Waals surface area contributed by atoms with E-state index in [4.69, 9.17) is 0 Å². The molecule has 2 N–H and O–H groups in total. The summed E-state index contributed by atoms with van der Waals surface area (Å²) in [6, 6.07) is 0.151. The van der Waals surface area contributed by atoms with Crippen molar-refractivity contribution in [1.29, 1.82) is 0 Å². The molecule has 1 aliphatic carbocycles. The van der Waals surface area contributed by atoms with Gasteiger partial charge in [-0.15, -0.1) is 0 Å². The van der Waals surface area contributed by atoms with E-state index in [9.17, 15) is 9.59 Å². The van der Waals surface area contributed by atoms with Gasteiger partial charge in [-0.05, 0) is 38.1 Å². The third kappa shape index (κ3) is 2.61. The molecule has 2 heterocycles. The Hall–Kier alpha value is -1.10. The Morgan fingerprint density at radius 1 is 1.21 bits per heavy atom. The fourth-order valence-electron chi connectivity index (χ4n) is 3.18. The Bertz CT molecular complexity index is 381. The summed E-state index contributed by atoms with van der Waals surface area (Å²) in [5, 5.41) is 6.30. The van der Waals surface area contributed by atoms with E-state index >= 15 is 0 Å². The second-order valence-electron chi connectivity index (χ2n) is 6.21. The summed E-state index contributed by atoms with van der Waals surface area (Å²) >= 11 is 0. The van der Waals surface area contributed by atoms with Crippen molar-refractivity contribution in [2.45, 2.75) is 44.7 Å². The minimum absolute atomic E-state index is 0.0503. The average molecular weight is 265 g/mol. The van der Waals surface area contributed by atoms with Crippen LogP contribution in [0.5, 0.6) is 0 Å². The van der Waals surface area contributed by atoms with Crippen LogP contribution >= 0.6 is 0 Å². The van der Waals surface area contributed by atoms with Gasteiger partial charge in [0.1, 0.15) is 6.04 Å². The zero-order chi connectivity index (χ0) is 13.4. The number of hydrogen-bond acceptors (Lipinski definition) is 3. The molecule has 0 aromatic heterocycles. The molecule has 3 atom stereocenters. The molecule has 2 amide bonds. The van der Waals surface area contributed by atoms with Crippen LogP contribution in [0, 0.1) is 11.8 Å². The van der Waals surface area contributed by atoms with Crippen LogP contribution in [-0.4, -0.2) is 48.4 Å². The molecule has 5 nitrogen and oxygen atoms in total. The maximum Gasteiger partial charge on any atom is 0.243 e. The summed E-state index contributed by atoms with van der Waals surface area (Å²) < 4.78 is 0. The van der Waals surface area contributed by atoms with Crippen LogP contribution < -0.4 is 10.6 Å². The summed E-state index contributed by atoms with van der Waals surface area (Å²) in [7, 11) is 0. The lowest BCUT2D eigenvalue weighted by molar-refractivity contribution is -0.142. The molecule has 0 aromatic rings. The second kappa shape index (κ2) is 5.12. The lowest BCUT2D eigenvalue weighted by Crippen LogP contribution is -2.49. The van der Waals surface area contributed by atoms with E-state index in [1.54, 1.807) is 0 Å². The summed E-state index contributed by atoms with van der Waals surface area (Å²) in [6.07, 6.45) is 3.95. The summed E-state index contributed by atoms with van der Waals surface area (Å²) in [5.74, 6) is 0.660. The number of hydrogen-bond donors (Lipinski definition) is 2. The first-order valence-electron chi connectivity index (χ1n) is 7.48. The standard InChI is InChI=1S/C14H23N3O2/c1-9-7-15-8-11(9)14(19)17-6-2-3-12(17)13(18)16-10-4-5-10/h9-12,15H,2-8H2,1H3,(H,16,18)/t9-,11-,12?/m1/s1. The number of carbonyl (C=O) groups excluding carboxylic acids is 2. The normalized spacial score (nSPS) is 34.6. The number of amides is 2. The average Bonchev–Trinajstić information content (AvgIpc) is 2.92. The fourth-order valence-corrected chi connectivity index (χ4v) is 3.18. The Kier molecular flexibility index (Phi) is 3.48.